The zero-order valence-electron chi connectivity index (χ0n) is 8.55. The topological polar surface area (TPSA) is 15.3 Å². The minimum atomic E-state index is 0.529. The van der Waals surface area contributed by atoms with E-state index in [1.807, 2.05) is 0 Å². The highest BCUT2D eigenvalue weighted by Crippen LogP contribution is 2.37. The van der Waals surface area contributed by atoms with Gasteiger partial charge in [0.25, 0.3) is 0 Å². The first-order chi connectivity index (χ1) is 6.70. The molecule has 1 aromatic rings. The van der Waals surface area contributed by atoms with Gasteiger partial charge in [-0.15, -0.1) is 0 Å². The van der Waals surface area contributed by atoms with E-state index in [1.54, 1.807) is 0 Å². The molecule has 3 heteroatoms. The van der Waals surface area contributed by atoms with Crippen LogP contribution in [0.1, 0.15) is 18.0 Å². The first-order valence-electron chi connectivity index (χ1n) is 4.89. The average molecular weight is 255 g/mol. The van der Waals surface area contributed by atoms with Crippen molar-refractivity contribution in [1.82, 2.24) is 4.90 Å². The molecule has 0 saturated carbocycles. The molecule has 1 unspecified atom stereocenters. The van der Waals surface area contributed by atoms with Crippen LogP contribution in [0.15, 0.2) is 22.7 Å². The van der Waals surface area contributed by atoms with Gasteiger partial charge in [-0.1, -0.05) is 22.0 Å². The third-order valence-corrected chi connectivity index (χ3v) is 3.43. The lowest BCUT2D eigenvalue weighted by Gasteiger charge is -2.32. The second-order valence-electron chi connectivity index (χ2n) is 3.90. The summed E-state index contributed by atoms with van der Waals surface area (Å²) in [6.45, 7) is 1.06. The molecule has 0 aromatic heterocycles. The van der Waals surface area contributed by atoms with Crippen LogP contribution in [0.5, 0.6) is 0 Å². The largest absolute Gasteiger partial charge is 0.385 e. The molecule has 76 valence electrons. The van der Waals surface area contributed by atoms with E-state index in [0.29, 0.717) is 6.04 Å². The van der Waals surface area contributed by atoms with Crippen molar-refractivity contribution in [1.29, 1.82) is 0 Å². The van der Waals surface area contributed by atoms with Crippen molar-refractivity contribution >= 4 is 21.6 Å². The molecule has 0 amide bonds. The van der Waals surface area contributed by atoms with E-state index in [4.69, 9.17) is 0 Å². The highest BCUT2D eigenvalue weighted by Gasteiger charge is 2.23. The molecule has 0 bridgehead atoms. The molecule has 1 atom stereocenters. The quantitative estimate of drug-likeness (QED) is 0.830. The normalized spacial score (nSPS) is 20.4. The molecule has 1 aliphatic rings. The van der Waals surface area contributed by atoms with Crippen molar-refractivity contribution in [3.63, 3.8) is 0 Å². The maximum atomic E-state index is 3.62. The predicted octanol–water partition coefficient (Wildman–Crippen LogP) is 2.87. The zero-order chi connectivity index (χ0) is 10.1. The summed E-state index contributed by atoms with van der Waals surface area (Å²) in [5.41, 5.74) is 2.66. The number of hydrogen-bond acceptors (Lipinski definition) is 2. The summed E-state index contributed by atoms with van der Waals surface area (Å²) in [5, 5.41) is 3.43. The number of nitrogens with zero attached hydrogens (tertiary/aromatic N) is 1. The summed E-state index contributed by atoms with van der Waals surface area (Å²) in [5.74, 6) is 0. The summed E-state index contributed by atoms with van der Waals surface area (Å²) < 4.78 is 1.21. The van der Waals surface area contributed by atoms with Crippen LogP contribution in [0.2, 0.25) is 0 Å². The standard InChI is InChI=1S/C11H15BrN2/c1-14(2)10-6-7-13-9-5-3-4-8(12)11(9)10/h3-5,10,13H,6-7H2,1-2H3. The third-order valence-electron chi connectivity index (χ3n) is 2.74. The second-order valence-corrected chi connectivity index (χ2v) is 4.75. The lowest BCUT2D eigenvalue weighted by Crippen LogP contribution is -2.27. The Morgan fingerprint density at radius 1 is 1.43 bits per heavy atom. The van der Waals surface area contributed by atoms with E-state index in [0.717, 1.165) is 6.54 Å². The van der Waals surface area contributed by atoms with Crippen molar-refractivity contribution in [3.05, 3.63) is 28.2 Å². The van der Waals surface area contributed by atoms with Gasteiger partial charge in [-0.2, -0.15) is 0 Å². The van der Waals surface area contributed by atoms with E-state index in [2.05, 4.69) is 58.4 Å². The van der Waals surface area contributed by atoms with Crippen LogP contribution < -0.4 is 5.32 Å². The predicted molar refractivity (Wildman–Crippen MR) is 63.7 cm³/mol. The van der Waals surface area contributed by atoms with Gasteiger partial charge in [0.2, 0.25) is 0 Å². The van der Waals surface area contributed by atoms with Crippen LogP contribution in [-0.2, 0) is 0 Å². The fraction of sp³-hybridized carbons (Fsp3) is 0.455. The van der Waals surface area contributed by atoms with Crippen LogP contribution in [-0.4, -0.2) is 25.5 Å². The number of hydrogen-bond donors (Lipinski definition) is 1. The van der Waals surface area contributed by atoms with Crippen LogP contribution in [0.25, 0.3) is 0 Å². The van der Waals surface area contributed by atoms with Crippen molar-refractivity contribution < 1.29 is 0 Å². The third kappa shape index (κ3) is 1.66. The molecule has 0 aliphatic carbocycles. The first kappa shape index (κ1) is 9.99. The maximum absolute atomic E-state index is 3.62. The molecular formula is C11H15BrN2. The average Bonchev–Trinajstić information content (AvgIpc) is 2.17. The molecule has 14 heavy (non-hydrogen) atoms. The van der Waals surface area contributed by atoms with Crippen molar-refractivity contribution in [3.8, 4) is 0 Å². The minimum Gasteiger partial charge on any atom is -0.385 e. The Bertz CT molecular complexity index is 336. The Morgan fingerprint density at radius 2 is 2.21 bits per heavy atom. The number of halogens is 1. The van der Waals surface area contributed by atoms with E-state index < -0.39 is 0 Å². The van der Waals surface area contributed by atoms with Crippen molar-refractivity contribution in [2.75, 3.05) is 26.0 Å². The summed E-state index contributed by atoms with van der Waals surface area (Å²) in [4.78, 5) is 2.28. The number of nitrogens with one attached hydrogen (secondary N) is 1. The summed E-state index contributed by atoms with van der Waals surface area (Å²) >= 11 is 3.62. The van der Waals surface area contributed by atoms with Crippen LogP contribution in [0.3, 0.4) is 0 Å². The van der Waals surface area contributed by atoms with Gasteiger partial charge in [-0.05, 0) is 32.6 Å². The molecular weight excluding hydrogens is 240 g/mol. The Balaban J connectivity index is 2.47. The SMILES string of the molecule is CN(C)C1CCNc2cccc(Br)c21. The molecule has 0 spiro atoms. The van der Waals surface area contributed by atoms with Gasteiger partial charge in [0.15, 0.2) is 0 Å². The molecule has 0 fully saturated rings. The summed E-state index contributed by atoms with van der Waals surface area (Å²) in [7, 11) is 4.28. The number of rotatable bonds is 1. The van der Waals surface area contributed by atoms with Gasteiger partial charge in [0.05, 0.1) is 0 Å². The molecule has 2 rings (SSSR count). The van der Waals surface area contributed by atoms with E-state index >= 15 is 0 Å². The second kappa shape index (κ2) is 3.91. The van der Waals surface area contributed by atoms with Gasteiger partial charge < -0.3 is 10.2 Å². The van der Waals surface area contributed by atoms with Gasteiger partial charge in [-0.3, -0.25) is 0 Å². The molecule has 0 saturated heterocycles. The van der Waals surface area contributed by atoms with Gasteiger partial charge in [-0.25, -0.2) is 0 Å². The number of benzene rings is 1. The Morgan fingerprint density at radius 3 is 2.93 bits per heavy atom. The molecule has 1 aliphatic heterocycles. The van der Waals surface area contributed by atoms with Crippen molar-refractivity contribution in [2.24, 2.45) is 0 Å². The summed E-state index contributed by atoms with van der Waals surface area (Å²) in [6, 6.07) is 6.87. The maximum Gasteiger partial charge on any atom is 0.0400 e. The lowest BCUT2D eigenvalue weighted by molar-refractivity contribution is 0.284. The molecule has 2 nitrogen and oxygen atoms in total. The molecule has 1 N–H and O–H groups in total. The van der Waals surface area contributed by atoms with Gasteiger partial charge >= 0.3 is 0 Å². The minimum absolute atomic E-state index is 0.529. The van der Waals surface area contributed by atoms with Crippen molar-refractivity contribution in [2.45, 2.75) is 12.5 Å². The van der Waals surface area contributed by atoms with Crippen LogP contribution in [0.4, 0.5) is 5.69 Å². The fourth-order valence-electron chi connectivity index (χ4n) is 2.03. The fourth-order valence-corrected chi connectivity index (χ4v) is 2.66. The lowest BCUT2D eigenvalue weighted by atomic mass is 9.97. The van der Waals surface area contributed by atoms with E-state index in [1.165, 1.54) is 22.1 Å². The zero-order valence-corrected chi connectivity index (χ0v) is 10.1. The molecule has 1 heterocycles. The highest BCUT2D eigenvalue weighted by molar-refractivity contribution is 9.10. The van der Waals surface area contributed by atoms with E-state index in [9.17, 15) is 0 Å². The smallest absolute Gasteiger partial charge is 0.0400 e. The van der Waals surface area contributed by atoms with Gasteiger partial charge in [0, 0.05) is 28.3 Å². The van der Waals surface area contributed by atoms with Gasteiger partial charge in [0.1, 0.15) is 0 Å². The Hall–Kier alpha value is -0.540. The van der Waals surface area contributed by atoms with E-state index in [-0.39, 0.29) is 0 Å². The first-order valence-corrected chi connectivity index (χ1v) is 5.68. The summed E-state index contributed by atoms with van der Waals surface area (Å²) in [6.07, 6.45) is 1.17. The highest BCUT2D eigenvalue weighted by atomic mass is 79.9. The van der Waals surface area contributed by atoms with Crippen LogP contribution >= 0.6 is 15.9 Å². The number of anilines is 1. The number of fused-ring (bicyclic) bond motifs is 1. The monoisotopic (exact) mass is 254 g/mol. The molecule has 0 radical (unpaired) electrons. The Kier molecular flexibility index (Phi) is 2.79. The van der Waals surface area contributed by atoms with Crippen LogP contribution in [0, 0.1) is 0 Å². The molecule has 1 aromatic carbocycles. The Labute approximate surface area is 93.4 Å².